The summed E-state index contributed by atoms with van der Waals surface area (Å²) >= 11 is 6.07. The molecule has 1 heterocycles. The highest BCUT2D eigenvalue weighted by atomic mass is 35.5. The zero-order chi connectivity index (χ0) is 20.5. The lowest BCUT2D eigenvalue weighted by Crippen LogP contribution is -2.40. The number of anilines is 1. The van der Waals surface area contributed by atoms with Gasteiger partial charge in [0.25, 0.3) is 5.91 Å². The van der Waals surface area contributed by atoms with Crippen LogP contribution < -0.4 is 19.5 Å². The number of fused-ring (bicyclic) bond motifs is 1. The van der Waals surface area contributed by atoms with Gasteiger partial charge in [-0.2, -0.15) is 0 Å². The summed E-state index contributed by atoms with van der Waals surface area (Å²) in [7, 11) is -3.89. The van der Waals surface area contributed by atoms with Gasteiger partial charge in [0.1, 0.15) is 18.1 Å². The van der Waals surface area contributed by atoms with Crippen molar-refractivity contribution in [2.75, 3.05) is 18.5 Å². The van der Waals surface area contributed by atoms with Crippen LogP contribution in [0.3, 0.4) is 0 Å². The van der Waals surface area contributed by atoms with Crippen LogP contribution in [0.2, 0.25) is 5.02 Å². The molecule has 9 heteroatoms. The Balaban J connectivity index is 1.85. The minimum Gasteiger partial charge on any atom is -0.486 e. The smallest absolute Gasteiger partial charge is 0.255 e. The molecule has 1 aliphatic heterocycles. The van der Waals surface area contributed by atoms with E-state index in [1.165, 1.54) is 18.2 Å². The standard InChI is InChI=1S/C19H21ClN2O5S/c1-19(2,3)22-28(24,25)17-10-12(4-6-14(17)20)18(23)21-13-5-7-15-16(11-13)27-9-8-26-15/h4-7,10-11,22H,8-9H2,1-3H3,(H,21,23). The quantitative estimate of drug-likeness (QED) is 0.784. The summed E-state index contributed by atoms with van der Waals surface area (Å²) < 4.78 is 38.7. The lowest BCUT2D eigenvalue weighted by molar-refractivity contribution is 0.102. The Kier molecular flexibility index (Phi) is 5.56. The summed E-state index contributed by atoms with van der Waals surface area (Å²) in [6, 6.07) is 9.14. The molecule has 0 spiro atoms. The van der Waals surface area contributed by atoms with Crippen LogP contribution in [0.15, 0.2) is 41.3 Å². The molecule has 0 aromatic heterocycles. The number of benzene rings is 2. The van der Waals surface area contributed by atoms with Gasteiger partial charge < -0.3 is 14.8 Å². The predicted octanol–water partition coefficient (Wildman–Crippen LogP) is 3.44. The number of amides is 1. The second kappa shape index (κ2) is 7.62. The van der Waals surface area contributed by atoms with Crippen molar-refractivity contribution in [2.45, 2.75) is 31.2 Å². The molecule has 2 N–H and O–H groups in total. The van der Waals surface area contributed by atoms with E-state index < -0.39 is 21.5 Å². The van der Waals surface area contributed by atoms with E-state index in [4.69, 9.17) is 21.1 Å². The van der Waals surface area contributed by atoms with Crippen molar-refractivity contribution in [2.24, 2.45) is 0 Å². The maximum Gasteiger partial charge on any atom is 0.255 e. The van der Waals surface area contributed by atoms with Gasteiger partial charge in [-0.1, -0.05) is 11.6 Å². The van der Waals surface area contributed by atoms with Gasteiger partial charge in [-0.15, -0.1) is 0 Å². The first-order chi connectivity index (χ1) is 13.0. The maximum absolute atomic E-state index is 12.6. The van der Waals surface area contributed by atoms with Crippen LogP contribution in [-0.2, 0) is 10.0 Å². The van der Waals surface area contributed by atoms with Crippen molar-refractivity contribution in [3.63, 3.8) is 0 Å². The summed E-state index contributed by atoms with van der Waals surface area (Å²) in [5.41, 5.74) is -0.0268. The fourth-order valence-electron chi connectivity index (χ4n) is 2.63. The summed E-state index contributed by atoms with van der Waals surface area (Å²) in [5, 5.41) is 2.76. The number of ether oxygens (including phenoxy) is 2. The molecule has 3 rings (SSSR count). The zero-order valence-electron chi connectivity index (χ0n) is 15.7. The van der Waals surface area contributed by atoms with Crippen LogP contribution in [0.1, 0.15) is 31.1 Å². The molecule has 2 aromatic rings. The molecule has 0 saturated carbocycles. The van der Waals surface area contributed by atoms with Gasteiger partial charge in [-0.05, 0) is 51.1 Å². The normalized spacial score (nSPS) is 13.9. The van der Waals surface area contributed by atoms with Crippen molar-refractivity contribution in [1.29, 1.82) is 0 Å². The summed E-state index contributed by atoms with van der Waals surface area (Å²) in [5.74, 6) is 0.677. The van der Waals surface area contributed by atoms with Crippen molar-refractivity contribution in [1.82, 2.24) is 4.72 Å². The molecule has 0 aliphatic carbocycles. The topological polar surface area (TPSA) is 93.7 Å². The summed E-state index contributed by atoms with van der Waals surface area (Å²) in [6.07, 6.45) is 0. The predicted molar refractivity (Wildman–Crippen MR) is 107 cm³/mol. The van der Waals surface area contributed by atoms with Crippen LogP contribution in [0, 0.1) is 0 Å². The van der Waals surface area contributed by atoms with Crippen molar-refractivity contribution < 1.29 is 22.7 Å². The first kappa shape index (κ1) is 20.4. The van der Waals surface area contributed by atoms with Gasteiger partial charge >= 0.3 is 0 Å². The fraction of sp³-hybridized carbons (Fsp3) is 0.316. The third kappa shape index (κ3) is 4.76. The zero-order valence-corrected chi connectivity index (χ0v) is 17.3. The third-order valence-electron chi connectivity index (χ3n) is 3.72. The largest absolute Gasteiger partial charge is 0.486 e. The highest BCUT2D eigenvalue weighted by Gasteiger charge is 2.25. The van der Waals surface area contributed by atoms with E-state index in [1.807, 2.05) is 0 Å². The van der Waals surface area contributed by atoms with E-state index in [2.05, 4.69) is 10.0 Å². The highest BCUT2D eigenvalue weighted by molar-refractivity contribution is 7.89. The van der Waals surface area contributed by atoms with Gasteiger partial charge in [-0.25, -0.2) is 13.1 Å². The molecule has 1 aliphatic rings. The monoisotopic (exact) mass is 424 g/mol. The van der Waals surface area contributed by atoms with Gasteiger partial charge in [0, 0.05) is 22.9 Å². The molecule has 150 valence electrons. The second-order valence-corrected chi connectivity index (χ2v) is 9.37. The molecular weight excluding hydrogens is 404 g/mol. The lowest BCUT2D eigenvalue weighted by atomic mass is 10.1. The molecule has 28 heavy (non-hydrogen) atoms. The molecule has 0 bridgehead atoms. The molecule has 0 fully saturated rings. The van der Waals surface area contributed by atoms with Crippen LogP contribution >= 0.6 is 11.6 Å². The Bertz CT molecular complexity index is 1020. The van der Waals surface area contributed by atoms with E-state index in [-0.39, 0.29) is 15.5 Å². The minimum absolute atomic E-state index is 0.0348. The average Bonchev–Trinajstić information content (AvgIpc) is 2.59. The number of hydrogen-bond donors (Lipinski definition) is 2. The Labute approximate surface area is 169 Å². The van der Waals surface area contributed by atoms with Gasteiger partial charge in [0.2, 0.25) is 10.0 Å². The van der Waals surface area contributed by atoms with E-state index in [0.717, 1.165) is 0 Å². The molecule has 0 saturated heterocycles. The molecule has 1 amide bonds. The number of hydrogen-bond acceptors (Lipinski definition) is 5. The maximum atomic E-state index is 12.6. The van der Waals surface area contributed by atoms with E-state index in [1.54, 1.807) is 39.0 Å². The van der Waals surface area contributed by atoms with Crippen LogP contribution in [-0.4, -0.2) is 33.1 Å². The Morgan fingerprint density at radius 2 is 1.71 bits per heavy atom. The van der Waals surface area contributed by atoms with Gasteiger partial charge in [-0.3, -0.25) is 4.79 Å². The highest BCUT2D eigenvalue weighted by Crippen LogP contribution is 2.33. The molecule has 0 atom stereocenters. The van der Waals surface area contributed by atoms with Crippen LogP contribution in [0.25, 0.3) is 0 Å². The number of rotatable bonds is 4. The molecule has 7 nitrogen and oxygen atoms in total. The SMILES string of the molecule is CC(C)(C)NS(=O)(=O)c1cc(C(=O)Nc2ccc3c(c2)OCCO3)ccc1Cl. The van der Waals surface area contributed by atoms with Crippen LogP contribution in [0.4, 0.5) is 5.69 Å². The average molecular weight is 425 g/mol. The molecule has 0 unspecified atom stereocenters. The van der Waals surface area contributed by atoms with E-state index in [9.17, 15) is 13.2 Å². The Hall–Kier alpha value is -2.29. The number of carbonyl (C=O) groups excluding carboxylic acids is 1. The number of halogens is 1. The lowest BCUT2D eigenvalue weighted by Gasteiger charge is -2.21. The Morgan fingerprint density at radius 1 is 1.04 bits per heavy atom. The van der Waals surface area contributed by atoms with Gasteiger partial charge in [0.05, 0.1) is 5.02 Å². The second-order valence-electron chi connectivity index (χ2n) is 7.31. The number of carbonyl (C=O) groups is 1. The van der Waals surface area contributed by atoms with Crippen molar-refractivity contribution in [3.05, 3.63) is 47.0 Å². The first-order valence-corrected chi connectivity index (χ1v) is 10.5. The van der Waals surface area contributed by atoms with Gasteiger partial charge in [0.15, 0.2) is 11.5 Å². The van der Waals surface area contributed by atoms with Crippen LogP contribution in [0.5, 0.6) is 11.5 Å². The van der Waals surface area contributed by atoms with E-state index >= 15 is 0 Å². The summed E-state index contributed by atoms with van der Waals surface area (Å²) in [6.45, 7) is 6.07. The summed E-state index contributed by atoms with van der Waals surface area (Å²) in [4.78, 5) is 12.5. The van der Waals surface area contributed by atoms with Crippen molar-refractivity contribution in [3.8, 4) is 11.5 Å². The molecule has 2 aromatic carbocycles. The minimum atomic E-state index is -3.89. The third-order valence-corrected chi connectivity index (χ3v) is 5.96. The fourth-order valence-corrected chi connectivity index (χ4v) is 4.58. The number of nitrogens with one attached hydrogen (secondary N) is 2. The van der Waals surface area contributed by atoms with Crippen molar-refractivity contribution >= 4 is 33.2 Å². The number of sulfonamides is 1. The molecule has 0 radical (unpaired) electrons. The first-order valence-electron chi connectivity index (χ1n) is 8.60. The Morgan fingerprint density at radius 3 is 2.39 bits per heavy atom. The van der Waals surface area contributed by atoms with E-state index in [0.29, 0.717) is 30.4 Å². The molecular formula is C19H21ClN2O5S.